The molecular formula is C36H48O7SSi. The van der Waals surface area contributed by atoms with Gasteiger partial charge < -0.3 is 23.8 Å². The highest BCUT2D eigenvalue weighted by molar-refractivity contribution is 7.99. The van der Waals surface area contributed by atoms with Crippen molar-refractivity contribution in [3.63, 3.8) is 0 Å². The Hall–Kier alpha value is -2.95. The first kappa shape index (κ1) is 36.5. The molecule has 7 nitrogen and oxygen atoms in total. The van der Waals surface area contributed by atoms with Gasteiger partial charge >= 0.3 is 20.5 Å². The molecule has 2 fully saturated rings. The van der Waals surface area contributed by atoms with Crippen molar-refractivity contribution in [1.29, 1.82) is 0 Å². The predicted octanol–water partition coefficient (Wildman–Crippen LogP) is 9.00. The van der Waals surface area contributed by atoms with Gasteiger partial charge in [0.25, 0.3) is 0 Å². The fraction of sp³-hybridized carbons (Fsp3) is 0.444. The van der Waals surface area contributed by atoms with Crippen LogP contribution in [0.4, 0.5) is 0 Å². The van der Waals surface area contributed by atoms with Crippen LogP contribution in [0, 0.1) is 11.8 Å². The van der Waals surface area contributed by atoms with Crippen molar-refractivity contribution in [2.24, 2.45) is 11.8 Å². The molecule has 0 radical (unpaired) electrons. The monoisotopic (exact) mass is 652 g/mol. The highest BCUT2D eigenvalue weighted by atomic mass is 32.2. The van der Waals surface area contributed by atoms with Crippen molar-refractivity contribution < 1.29 is 33.4 Å². The molecule has 5 atom stereocenters. The number of hydrogen-bond donors (Lipinski definition) is 2. The minimum atomic E-state index is -2.45. The molecule has 2 N–H and O–H groups in total. The van der Waals surface area contributed by atoms with Gasteiger partial charge in [-0.25, -0.2) is 9.59 Å². The second-order valence-corrected chi connectivity index (χ2v) is 19.5. The average molecular weight is 653 g/mol. The van der Waals surface area contributed by atoms with Crippen molar-refractivity contribution in [2.75, 3.05) is 6.61 Å². The summed E-state index contributed by atoms with van der Waals surface area (Å²) >= 11 is 1.82. The first-order valence-corrected chi connectivity index (χ1v) is 18.0. The van der Waals surface area contributed by atoms with Crippen LogP contribution in [0.25, 0.3) is 0 Å². The van der Waals surface area contributed by atoms with Crippen LogP contribution in [-0.4, -0.2) is 55.0 Å². The van der Waals surface area contributed by atoms with Gasteiger partial charge in [0.2, 0.25) is 0 Å². The van der Waals surface area contributed by atoms with E-state index < -0.39 is 20.5 Å². The molecule has 2 aliphatic heterocycles. The molecule has 0 amide bonds. The van der Waals surface area contributed by atoms with E-state index in [4.69, 9.17) is 23.8 Å². The van der Waals surface area contributed by atoms with Gasteiger partial charge in [0, 0.05) is 15.0 Å². The number of carbonyl (C=O) groups is 2. The lowest BCUT2D eigenvalue weighted by Crippen LogP contribution is -2.68. The first-order valence-electron chi connectivity index (χ1n) is 15.3. The van der Waals surface area contributed by atoms with Crippen LogP contribution in [0.3, 0.4) is 0 Å². The zero-order valence-corrected chi connectivity index (χ0v) is 29.4. The van der Waals surface area contributed by atoms with Crippen molar-refractivity contribution in [3.8, 4) is 0 Å². The Bertz CT molecular complexity index is 1290. The Morgan fingerprint density at radius 3 is 1.51 bits per heavy atom. The third-order valence-electron chi connectivity index (χ3n) is 8.22. The zero-order chi connectivity index (χ0) is 33.4. The molecule has 45 heavy (non-hydrogen) atoms. The summed E-state index contributed by atoms with van der Waals surface area (Å²) in [5.41, 5.74) is 0.796. The third kappa shape index (κ3) is 9.30. The standard InChI is InChI=1S/C22H36O3SSi.2C7H6O2/c1-15-16(2)20(26-17-12-10-9-11-13-17)24-18-14-23-27(21(3,4)5,22(6,7)8)25-19(15)18;2*8-7(9)6-4-2-1-3-5-6/h9-13,15-16,18-20H,14H2,1-8H3;2*1-5H,(H,8,9)/t15-,16?,18?,19-,20+;;/m1../s1. The number of thioether (sulfide) groups is 1. The lowest BCUT2D eigenvalue weighted by Gasteiger charge is -2.58. The van der Waals surface area contributed by atoms with Crippen molar-refractivity contribution in [2.45, 2.75) is 88.0 Å². The van der Waals surface area contributed by atoms with E-state index in [2.05, 4.69) is 85.7 Å². The van der Waals surface area contributed by atoms with Crippen molar-refractivity contribution in [1.82, 2.24) is 0 Å². The Morgan fingerprint density at radius 1 is 0.711 bits per heavy atom. The summed E-state index contributed by atoms with van der Waals surface area (Å²) in [4.78, 5) is 21.7. The van der Waals surface area contributed by atoms with E-state index in [0.29, 0.717) is 29.6 Å². The molecule has 3 aromatic carbocycles. The van der Waals surface area contributed by atoms with Crippen LogP contribution < -0.4 is 0 Å². The molecule has 5 rings (SSSR count). The van der Waals surface area contributed by atoms with Gasteiger partial charge in [0.05, 0.1) is 23.8 Å². The molecule has 0 bridgehead atoms. The van der Waals surface area contributed by atoms with Gasteiger partial charge in [-0.1, -0.05) is 122 Å². The number of fused-ring (bicyclic) bond motifs is 1. The van der Waals surface area contributed by atoms with Crippen molar-refractivity contribution >= 4 is 32.3 Å². The van der Waals surface area contributed by atoms with E-state index in [9.17, 15) is 9.59 Å². The maximum atomic E-state index is 10.2. The number of hydrogen-bond acceptors (Lipinski definition) is 6. The van der Waals surface area contributed by atoms with Gasteiger partial charge in [-0.05, 0) is 48.2 Å². The Balaban J connectivity index is 0.000000248. The van der Waals surface area contributed by atoms with Crippen LogP contribution in [-0.2, 0) is 13.6 Å². The molecule has 2 saturated heterocycles. The minimum Gasteiger partial charge on any atom is -0.478 e. The highest BCUT2D eigenvalue weighted by Crippen LogP contribution is 2.56. The number of benzene rings is 3. The molecule has 9 heteroatoms. The van der Waals surface area contributed by atoms with Crippen LogP contribution in [0.1, 0.15) is 76.1 Å². The second-order valence-electron chi connectivity index (χ2n) is 13.5. The van der Waals surface area contributed by atoms with E-state index >= 15 is 0 Å². The molecule has 0 aliphatic carbocycles. The van der Waals surface area contributed by atoms with E-state index in [1.54, 1.807) is 60.7 Å². The Morgan fingerprint density at radius 2 is 1.13 bits per heavy atom. The average Bonchev–Trinajstić information content (AvgIpc) is 3.00. The molecule has 3 aromatic rings. The number of carboxylic acids is 2. The fourth-order valence-electron chi connectivity index (χ4n) is 5.84. The maximum absolute atomic E-state index is 10.2. The molecule has 2 aliphatic rings. The maximum Gasteiger partial charge on any atom is 0.349 e. The van der Waals surface area contributed by atoms with Crippen molar-refractivity contribution in [3.05, 3.63) is 102 Å². The number of aromatic carboxylic acids is 2. The number of ether oxygens (including phenoxy) is 1. The summed E-state index contributed by atoms with van der Waals surface area (Å²) in [5, 5.41) is 16.8. The number of carboxylic acid groups (broad SMARTS) is 2. The van der Waals surface area contributed by atoms with E-state index in [0.717, 1.165) is 0 Å². The Labute approximate surface area is 273 Å². The quantitative estimate of drug-likeness (QED) is 0.269. The van der Waals surface area contributed by atoms with Gasteiger partial charge in [0.15, 0.2) is 0 Å². The summed E-state index contributed by atoms with van der Waals surface area (Å²) in [6.45, 7) is 18.9. The molecule has 2 heterocycles. The predicted molar refractivity (Wildman–Crippen MR) is 182 cm³/mol. The first-order chi connectivity index (χ1) is 21.1. The van der Waals surface area contributed by atoms with Crippen LogP contribution in [0.2, 0.25) is 10.1 Å². The van der Waals surface area contributed by atoms with Gasteiger partial charge in [0.1, 0.15) is 11.5 Å². The van der Waals surface area contributed by atoms with Crippen LogP contribution >= 0.6 is 11.8 Å². The Kier molecular flexibility index (Phi) is 12.6. The smallest absolute Gasteiger partial charge is 0.349 e. The lowest BCUT2D eigenvalue weighted by atomic mass is 9.86. The zero-order valence-electron chi connectivity index (χ0n) is 27.6. The molecular weight excluding hydrogens is 605 g/mol. The molecule has 244 valence electrons. The summed E-state index contributed by atoms with van der Waals surface area (Å²) in [7, 11) is -2.45. The SMILES string of the molecule is CC1[C@@H](C)[C@H]2O[Si](C(C)(C)C)(C(C)(C)C)OCC2O[C@H]1Sc1ccccc1.O=C(O)c1ccccc1.O=C(O)c1ccccc1. The molecule has 0 aromatic heterocycles. The largest absolute Gasteiger partial charge is 0.478 e. The third-order valence-corrected chi connectivity index (χ3v) is 14.7. The summed E-state index contributed by atoms with van der Waals surface area (Å²) in [5.74, 6) is -0.905. The molecule has 0 spiro atoms. The van der Waals surface area contributed by atoms with Gasteiger partial charge in [-0.15, -0.1) is 0 Å². The summed E-state index contributed by atoms with van der Waals surface area (Å²) in [6, 6.07) is 27.1. The summed E-state index contributed by atoms with van der Waals surface area (Å²) in [6.07, 6.45) is 0.134. The molecule has 0 saturated carbocycles. The van der Waals surface area contributed by atoms with E-state index in [-0.39, 0.29) is 27.7 Å². The minimum absolute atomic E-state index is 0.00875. The van der Waals surface area contributed by atoms with E-state index in [1.807, 2.05) is 11.8 Å². The summed E-state index contributed by atoms with van der Waals surface area (Å²) < 4.78 is 20.1. The lowest BCUT2D eigenvalue weighted by molar-refractivity contribution is -0.179. The van der Waals surface area contributed by atoms with Crippen LogP contribution in [0.5, 0.6) is 0 Å². The highest BCUT2D eigenvalue weighted by Gasteiger charge is 2.63. The molecule has 2 unspecified atom stereocenters. The van der Waals surface area contributed by atoms with Crippen LogP contribution in [0.15, 0.2) is 95.9 Å². The van der Waals surface area contributed by atoms with Gasteiger partial charge in [-0.2, -0.15) is 0 Å². The van der Waals surface area contributed by atoms with E-state index in [1.165, 1.54) is 4.90 Å². The number of rotatable bonds is 4. The topological polar surface area (TPSA) is 102 Å². The normalized spacial score (nSPS) is 24.0. The second kappa shape index (κ2) is 15.6. The van der Waals surface area contributed by atoms with Gasteiger partial charge in [-0.3, -0.25) is 0 Å². The fourth-order valence-corrected chi connectivity index (χ4v) is 12.1.